The molecule has 1 N–H and O–H groups in total. The molecule has 0 aromatic heterocycles. The lowest BCUT2D eigenvalue weighted by molar-refractivity contribution is -0.141. The third-order valence-electron chi connectivity index (χ3n) is 6.45. The summed E-state index contributed by atoms with van der Waals surface area (Å²) in [7, 11) is -2.13. The predicted octanol–water partition coefficient (Wildman–Crippen LogP) is 4.56. The number of rotatable bonds is 13. The summed E-state index contributed by atoms with van der Waals surface area (Å²) in [5.41, 5.74) is 2.96. The predicted molar refractivity (Wildman–Crippen MR) is 154 cm³/mol. The van der Waals surface area contributed by atoms with Crippen molar-refractivity contribution >= 4 is 21.8 Å². The van der Waals surface area contributed by atoms with E-state index in [2.05, 4.69) is 5.32 Å². The summed E-state index contributed by atoms with van der Waals surface area (Å²) in [5.74, 6) is -0.402. The molecule has 0 heterocycles. The molecule has 0 saturated carbocycles. The van der Waals surface area contributed by atoms with Gasteiger partial charge in [-0.05, 0) is 50.5 Å². The monoisotopic (exact) mass is 549 g/mol. The van der Waals surface area contributed by atoms with E-state index in [4.69, 9.17) is 0 Å². The van der Waals surface area contributed by atoms with Gasteiger partial charge in [-0.3, -0.25) is 9.59 Å². The maximum atomic E-state index is 13.7. The largest absolute Gasteiger partial charge is 0.352 e. The van der Waals surface area contributed by atoms with Crippen LogP contribution in [-0.2, 0) is 32.6 Å². The molecule has 0 saturated heterocycles. The Morgan fingerprint density at radius 3 is 2.10 bits per heavy atom. The molecule has 3 rings (SSSR count). The highest BCUT2D eigenvalue weighted by molar-refractivity contribution is 7.89. The van der Waals surface area contributed by atoms with Gasteiger partial charge in [0.2, 0.25) is 21.8 Å². The van der Waals surface area contributed by atoms with E-state index in [1.165, 1.54) is 11.4 Å². The van der Waals surface area contributed by atoms with Crippen molar-refractivity contribution in [1.29, 1.82) is 0 Å². The summed E-state index contributed by atoms with van der Waals surface area (Å²) >= 11 is 0. The molecule has 0 unspecified atom stereocenters. The first-order valence-electron chi connectivity index (χ1n) is 13.3. The minimum Gasteiger partial charge on any atom is -0.352 e. The Hall–Kier alpha value is -3.49. The number of nitrogens with one attached hydrogen (secondary N) is 1. The van der Waals surface area contributed by atoms with Crippen LogP contribution in [0.15, 0.2) is 89.8 Å². The lowest BCUT2D eigenvalue weighted by Crippen LogP contribution is -2.51. The van der Waals surface area contributed by atoms with Crippen molar-refractivity contribution in [1.82, 2.24) is 14.5 Å². The second-order valence-electron chi connectivity index (χ2n) is 10.1. The first-order chi connectivity index (χ1) is 18.6. The van der Waals surface area contributed by atoms with Gasteiger partial charge < -0.3 is 10.2 Å². The van der Waals surface area contributed by atoms with Gasteiger partial charge in [-0.2, -0.15) is 0 Å². The number of hydrogen-bond acceptors (Lipinski definition) is 4. The fourth-order valence-electron chi connectivity index (χ4n) is 4.43. The first kappa shape index (κ1) is 30.1. The van der Waals surface area contributed by atoms with E-state index in [9.17, 15) is 18.0 Å². The van der Waals surface area contributed by atoms with Gasteiger partial charge in [-0.1, -0.05) is 78.4 Å². The van der Waals surface area contributed by atoms with Crippen molar-refractivity contribution < 1.29 is 18.0 Å². The van der Waals surface area contributed by atoms with Crippen molar-refractivity contribution in [2.45, 2.75) is 63.6 Å². The van der Waals surface area contributed by atoms with Crippen LogP contribution in [0.4, 0.5) is 0 Å². The van der Waals surface area contributed by atoms with Gasteiger partial charge in [-0.15, -0.1) is 0 Å². The molecule has 39 heavy (non-hydrogen) atoms. The molecule has 8 heteroatoms. The number of carbonyl (C=O) groups is 2. The summed E-state index contributed by atoms with van der Waals surface area (Å²) in [6, 6.07) is 25.0. The van der Waals surface area contributed by atoms with Gasteiger partial charge in [0.25, 0.3) is 0 Å². The average molecular weight is 550 g/mol. The summed E-state index contributed by atoms with van der Waals surface area (Å²) in [5, 5.41) is 2.99. The Morgan fingerprint density at radius 2 is 1.49 bits per heavy atom. The summed E-state index contributed by atoms with van der Waals surface area (Å²) < 4.78 is 27.1. The third-order valence-corrected chi connectivity index (χ3v) is 8.32. The maximum Gasteiger partial charge on any atom is 0.243 e. The molecule has 0 aliphatic rings. The molecule has 208 valence electrons. The van der Waals surface area contributed by atoms with Crippen molar-refractivity contribution in [3.63, 3.8) is 0 Å². The molecule has 1 atom stereocenters. The fraction of sp³-hybridized carbons (Fsp3) is 0.355. The minimum absolute atomic E-state index is 0.0801. The molecule has 0 aliphatic heterocycles. The normalized spacial score (nSPS) is 12.4. The van der Waals surface area contributed by atoms with Gasteiger partial charge >= 0.3 is 0 Å². The van der Waals surface area contributed by atoms with Crippen LogP contribution >= 0.6 is 0 Å². The molecule has 3 aromatic rings. The Kier molecular flexibility index (Phi) is 10.8. The van der Waals surface area contributed by atoms with Crippen molar-refractivity contribution in [2.75, 3.05) is 13.6 Å². The molecule has 0 fully saturated rings. The van der Waals surface area contributed by atoms with E-state index in [-0.39, 0.29) is 42.3 Å². The third kappa shape index (κ3) is 8.76. The zero-order valence-electron chi connectivity index (χ0n) is 23.2. The van der Waals surface area contributed by atoms with Crippen LogP contribution in [0.1, 0.15) is 43.4 Å². The van der Waals surface area contributed by atoms with Crippen LogP contribution < -0.4 is 5.32 Å². The number of aryl methyl sites for hydroxylation is 1. The molecule has 0 aliphatic carbocycles. The van der Waals surface area contributed by atoms with Crippen molar-refractivity contribution in [2.24, 2.45) is 0 Å². The second-order valence-corrected chi connectivity index (χ2v) is 12.2. The van der Waals surface area contributed by atoms with Crippen molar-refractivity contribution in [3.8, 4) is 0 Å². The lowest BCUT2D eigenvalue weighted by atomic mass is 10.0. The zero-order valence-corrected chi connectivity index (χ0v) is 24.0. The number of carbonyl (C=O) groups excluding carboxylic acids is 2. The summed E-state index contributed by atoms with van der Waals surface area (Å²) in [6.07, 6.45) is 0.815. The fourth-order valence-corrected chi connectivity index (χ4v) is 5.66. The van der Waals surface area contributed by atoms with Gasteiger partial charge in [0.05, 0.1) is 4.90 Å². The van der Waals surface area contributed by atoms with Gasteiger partial charge in [-0.25, -0.2) is 12.7 Å². The number of hydrogen-bond donors (Lipinski definition) is 1. The maximum absolute atomic E-state index is 13.7. The topological polar surface area (TPSA) is 86.8 Å². The summed E-state index contributed by atoms with van der Waals surface area (Å²) in [4.78, 5) is 29.0. The van der Waals surface area contributed by atoms with Crippen LogP contribution in [0.5, 0.6) is 0 Å². The quantitative estimate of drug-likeness (QED) is 0.339. The van der Waals surface area contributed by atoms with E-state index in [1.807, 2.05) is 75.4 Å². The highest BCUT2D eigenvalue weighted by Crippen LogP contribution is 2.19. The van der Waals surface area contributed by atoms with E-state index in [1.54, 1.807) is 35.2 Å². The Balaban J connectivity index is 1.82. The van der Waals surface area contributed by atoms with Crippen LogP contribution in [0.25, 0.3) is 0 Å². The lowest BCUT2D eigenvalue weighted by Gasteiger charge is -2.32. The molecular weight excluding hydrogens is 510 g/mol. The number of amides is 2. The highest BCUT2D eigenvalue weighted by Gasteiger charge is 2.31. The van der Waals surface area contributed by atoms with Crippen LogP contribution in [0.2, 0.25) is 0 Å². The van der Waals surface area contributed by atoms with E-state index in [0.29, 0.717) is 12.8 Å². The molecule has 2 amide bonds. The molecule has 7 nitrogen and oxygen atoms in total. The van der Waals surface area contributed by atoms with Crippen molar-refractivity contribution in [3.05, 3.63) is 102 Å². The Morgan fingerprint density at radius 1 is 0.872 bits per heavy atom. The van der Waals surface area contributed by atoms with Crippen LogP contribution in [-0.4, -0.2) is 55.1 Å². The minimum atomic E-state index is -3.65. The van der Waals surface area contributed by atoms with Gasteiger partial charge in [0.15, 0.2) is 0 Å². The van der Waals surface area contributed by atoms with Gasteiger partial charge in [0.1, 0.15) is 6.04 Å². The second kappa shape index (κ2) is 14.1. The van der Waals surface area contributed by atoms with Gasteiger partial charge in [0, 0.05) is 39.0 Å². The number of nitrogens with zero attached hydrogens (tertiary/aromatic N) is 2. The number of sulfonamides is 1. The average Bonchev–Trinajstić information content (AvgIpc) is 2.91. The standard InChI is InChI=1S/C31H39N3O4S/c1-24(2)32-31(36)29(22-26-14-7-5-8-15-26)34(23-27-16-11-13-25(3)21-27)30(35)19-12-20-33(4)39(37,38)28-17-9-6-10-18-28/h5-11,13-18,21,24,29H,12,19-20,22-23H2,1-4H3,(H,32,36)/t29-/m1/s1. The molecule has 0 radical (unpaired) electrons. The smallest absolute Gasteiger partial charge is 0.243 e. The molecule has 0 bridgehead atoms. The Labute approximate surface area is 232 Å². The molecule has 3 aromatic carbocycles. The molecule has 0 spiro atoms. The highest BCUT2D eigenvalue weighted by atomic mass is 32.2. The number of benzene rings is 3. The first-order valence-corrected chi connectivity index (χ1v) is 14.7. The van der Waals surface area contributed by atoms with E-state index < -0.39 is 16.1 Å². The Bertz CT molecular complexity index is 1330. The van der Waals surface area contributed by atoms with E-state index >= 15 is 0 Å². The van der Waals surface area contributed by atoms with Crippen LogP contribution in [0.3, 0.4) is 0 Å². The SMILES string of the molecule is Cc1cccc(CN(C(=O)CCCN(C)S(=O)(=O)c2ccccc2)[C@H](Cc2ccccc2)C(=O)NC(C)C)c1. The molecular formula is C31H39N3O4S. The van der Waals surface area contributed by atoms with E-state index in [0.717, 1.165) is 16.7 Å². The van der Waals surface area contributed by atoms with Crippen LogP contribution in [0, 0.1) is 6.92 Å². The zero-order chi connectivity index (χ0) is 28.4. The summed E-state index contributed by atoms with van der Waals surface area (Å²) in [6.45, 7) is 6.25.